The van der Waals surface area contributed by atoms with Crippen LogP contribution in [0.1, 0.15) is 48.0 Å². The van der Waals surface area contributed by atoms with Gasteiger partial charge in [0.25, 0.3) is 11.8 Å². The van der Waals surface area contributed by atoms with Crippen LogP contribution in [0.25, 0.3) is 0 Å². The second-order valence-corrected chi connectivity index (χ2v) is 9.82. The first-order valence-corrected chi connectivity index (χ1v) is 13.5. The molecule has 2 aliphatic heterocycles. The Morgan fingerprint density at radius 3 is 2.46 bits per heavy atom. The monoisotopic (exact) mass is 563 g/mol. The first-order chi connectivity index (χ1) is 19.8. The smallest absolute Gasteiger partial charge is 0.305 e. The molecular formula is C29H33N5O7. The fourth-order valence-electron chi connectivity index (χ4n) is 4.82. The summed E-state index contributed by atoms with van der Waals surface area (Å²) in [5, 5.41) is 20.9. The molecule has 2 unspecified atom stereocenters. The second kappa shape index (κ2) is 14.1. The predicted octanol–water partition coefficient (Wildman–Crippen LogP) is 1.52. The Labute approximate surface area is 237 Å². The maximum absolute atomic E-state index is 13.6. The molecule has 4 rings (SSSR count). The summed E-state index contributed by atoms with van der Waals surface area (Å²) in [5.74, 6) is -3.17. The van der Waals surface area contributed by atoms with E-state index in [1.807, 2.05) is 30.3 Å². The van der Waals surface area contributed by atoms with Crippen LogP contribution in [-0.2, 0) is 30.4 Å². The van der Waals surface area contributed by atoms with Gasteiger partial charge in [-0.25, -0.2) is 5.01 Å². The van der Waals surface area contributed by atoms with Crippen molar-refractivity contribution < 1.29 is 33.9 Å². The van der Waals surface area contributed by atoms with Gasteiger partial charge in [0.2, 0.25) is 11.8 Å². The molecule has 2 heterocycles. The molecule has 3 N–H and O–H groups in total. The highest BCUT2D eigenvalue weighted by molar-refractivity contribution is 6.00. The minimum absolute atomic E-state index is 0.0188. The number of nitrogens with one attached hydrogen (secondary N) is 2. The zero-order valence-corrected chi connectivity index (χ0v) is 22.5. The minimum Gasteiger partial charge on any atom is -0.481 e. The van der Waals surface area contributed by atoms with Gasteiger partial charge in [0, 0.05) is 24.9 Å². The van der Waals surface area contributed by atoms with E-state index >= 15 is 0 Å². The summed E-state index contributed by atoms with van der Waals surface area (Å²) in [5.41, 5.74) is 1.41. The van der Waals surface area contributed by atoms with E-state index < -0.39 is 48.2 Å². The van der Waals surface area contributed by atoms with Crippen LogP contribution in [0.15, 0.2) is 65.8 Å². The molecule has 12 heteroatoms. The highest BCUT2D eigenvalue weighted by atomic mass is 16.6. The fourth-order valence-corrected chi connectivity index (χ4v) is 4.82. The van der Waals surface area contributed by atoms with E-state index in [1.165, 1.54) is 11.2 Å². The van der Waals surface area contributed by atoms with Crippen molar-refractivity contribution in [3.63, 3.8) is 0 Å². The van der Waals surface area contributed by atoms with Gasteiger partial charge in [0.15, 0.2) is 0 Å². The van der Waals surface area contributed by atoms with E-state index in [0.29, 0.717) is 18.4 Å². The van der Waals surface area contributed by atoms with E-state index in [9.17, 15) is 29.1 Å². The molecule has 0 radical (unpaired) electrons. The third-order valence-corrected chi connectivity index (χ3v) is 6.87. The van der Waals surface area contributed by atoms with Crippen molar-refractivity contribution in [3.8, 4) is 0 Å². The van der Waals surface area contributed by atoms with Crippen LogP contribution in [0.2, 0.25) is 0 Å². The van der Waals surface area contributed by atoms with Crippen LogP contribution in [-0.4, -0.2) is 82.2 Å². The molecular weight excluding hydrogens is 530 g/mol. The van der Waals surface area contributed by atoms with Crippen molar-refractivity contribution in [1.29, 1.82) is 0 Å². The molecule has 2 aromatic carbocycles. The molecule has 3 atom stereocenters. The van der Waals surface area contributed by atoms with Gasteiger partial charge in [-0.1, -0.05) is 53.7 Å². The molecule has 12 nitrogen and oxygen atoms in total. The van der Waals surface area contributed by atoms with Gasteiger partial charge in [-0.2, -0.15) is 0 Å². The average Bonchev–Trinajstić information content (AvgIpc) is 3.09. The summed E-state index contributed by atoms with van der Waals surface area (Å²) >= 11 is 0. The number of rotatable bonds is 11. The number of hydrogen-bond donors (Lipinski definition) is 3. The number of carboxylic acid groups (broad SMARTS) is 1. The molecule has 216 valence electrons. The Hall–Kier alpha value is -4.74. The van der Waals surface area contributed by atoms with Crippen LogP contribution < -0.4 is 10.6 Å². The lowest BCUT2D eigenvalue weighted by Crippen LogP contribution is -2.64. The minimum atomic E-state index is -1.17. The van der Waals surface area contributed by atoms with Gasteiger partial charge >= 0.3 is 5.97 Å². The third-order valence-electron chi connectivity index (χ3n) is 6.87. The summed E-state index contributed by atoms with van der Waals surface area (Å²) in [6.07, 6.45) is 2.17. The van der Waals surface area contributed by atoms with Crippen LogP contribution in [0.4, 0.5) is 0 Å². The Morgan fingerprint density at radius 1 is 1.05 bits per heavy atom. The number of hydrazine groups is 1. The molecule has 41 heavy (non-hydrogen) atoms. The number of carboxylic acids is 1. The van der Waals surface area contributed by atoms with Crippen LogP contribution >= 0.6 is 0 Å². The molecule has 2 saturated heterocycles. The van der Waals surface area contributed by atoms with Crippen molar-refractivity contribution in [3.05, 3.63) is 71.8 Å². The molecule has 2 fully saturated rings. The van der Waals surface area contributed by atoms with Crippen molar-refractivity contribution in [1.82, 2.24) is 20.7 Å². The molecule has 2 aromatic rings. The fraction of sp³-hybridized carbons (Fsp3) is 0.379. The first kappa shape index (κ1) is 29.2. The Balaban J connectivity index is 1.43. The van der Waals surface area contributed by atoms with Crippen molar-refractivity contribution in [2.24, 2.45) is 5.16 Å². The molecule has 0 saturated carbocycles. The summed E-state index contributed by atoms with van der Waals surface area (Å²) in [6.45, 7) is 0.509. The second-order valence-electron chi connectivity index (χ2n) is 9.82. The third kappa shape index (κ3) is 7.90. The highest BCUT2D eigenvalue weighted by Crippen LogP contribution is 2.25. The molecule has 4 amide bonds. The van der Waals surface area contributed by atoms with E-state index in [1.54, 1.807) is 30.3 Å². The number of fused-ring (bicyclic) bond motifs is 1. The standard InChI is InChI=1S/C29H33N5O7/c35-25-14-13-23(32-27(38)21-10-5-2-6-11-21)29(40)34-24(12-7-16-33(25)34)28(39)31-22(18-26(36)37)19-30-41-17-15-20-8-3-1-4-9-20/h1-6,8-11,19,22-24H,7,12-18H2,(H,31,39)(H,32,38)(H,36,37)/t22?,23?,24-/m0/s1. The number of carbonyl (C=O) groups is 5. The maximum atomic E-state index is 13.6. The number of aliphatic carboxylic acids is 1. The predicted molar refractivity (Wildman–Crippen MR) is 147 cm³/mol. The first-order valence-electron chi connectivity index (χ1n) is 13.5. The zero-order chi connectivity index (χ0) is 29.2. The number of benzene rings is 2. The highest BCUT2D eigenvalue weighted by Gasteiger charge is 2.44. The Kier molecular flexibility index (Phi) is 10.0. The molecule has 0 spiro atoms. The Bertz CT molecular complexity index is 1270. The van der Waals surface area contributed by atoms with Crippen molar-refractivity contribution >= 4 is 35.8 Å². The molecule has 0 bridgehead atoms. The van der Waals surface area contributed by atoms with Gasteiger partial charge in [-0.05, 0) is 37.0 Å². The number of amides is 4. The summed E-state index contributed by atoms with van der Waals surface area (Å²) in [7, 11) is 0. The van der Waals surface area contributed by atoms with E-state index in [4.69, 9.17) is 4.84 Å². The topological polar surface area (TPSA) is 158 Å². The van der Waals surface area contributed by atoms with E-state index in [0.717, 1.165) is 10.6 Å². The zero-order valence-electron chi connectivity index (χ0n) is 22.5. The SMILES string of the molecule is O=C(O)CC(C=NOCCc1ccccc1)NC(=O)[C@@H]1CCCN2C(=O)CCC(NC(=O)c3ccccc3)C(=O)N12. The van der Waals surface area contributed by atoms with E-state index in [2.05, 4.69) is 15.8 Å². The van der Waals surface area contributed by atoms with Crippen LogP contribution in [0, 0.1) is 0 Å². The van der Waals surface area contributed by atoms with Gasteiger partial charge in [0.1, 0.15) is 18.7 Å². The quantitative estimate of drug-likeness (QED) is 0.212. The van der Waals surface area contributed by atoms with Gasteiger partial charge in [-0.3, -0.25) is 29.0 Å². The van der Waals surface area contributed by atoms with Crippen molar-refractivity contribution in [2.45, 2.75) is 56.7 Å². The maximum Gasteiger partial charge on any atom is 0.305 e. The average molecular weight is 564 g/mol. The molecule has 2 aliphatic rings. The summed E-state index contributed by atoms with van der Waals surface area (Å²) < 4.78 is 0. The number of nitrogens with zero attached hydrogens (tertiary/aromatic N) is 3. The lowest BCUT2D eigenvalue weighted by molar-refractivity contribution is -0.176. The lowest BCUT2D eigenvalue weighted by atomic mass is 10.0. The van der Waals surface area contributed by atoms with E-state index in [-0.39, 0.29) is 38.3 Å². The normalized spacial score (nSPS) is 19.7. The lowest BCUT2D eigenvalue weighted by Gasteiger charge is -2.43. The summed E-state index contributed by atoms with van der Waals surface area (Å²) in [4.78, 5) is 69.4. The van der Waals surface area contributed by atoms with Crippen molar-refractivity contribution in [2.75, 3.05) is 13.2 Å². The van der Waals surface area contributed by atoms with Gasteiger partial charge in [0.05, 0.1) is 18.7 Å². The van der Waals surface area contributed by atoms with Gasteiger partial charge in [-0.15, -0.1) is 0 Å². The van der Waals surface area contributed by atoms with Gasteiger partial charge < -0.3 is 20.6 Å². The molecule has 0 aliphatic carbocycles. The summed E-state index contributed by atoms with van der Waals surface area (Å²) in [6, 6.07) is 14.9. The Morgan fingerprint density at radius 2 is 1.76 bits per heavy atom. The number of oxime groups is 1. The largest absolute Gasteiger partial charge is 0.481 e. The molecule has 0 aromatic heterocycles. The van der Waals surface area contributed by atoms with Crippen LogP contribution in [0.3, 0.4) is 0 Å². The number of hydrogen-bond acceptors (Lipinski definition) is 7. The number of carbonyl (C=O) groups excluding carboxylic acids is 4. The van der Waals surface area contributed by atoms with Crippen LogP contribution in [0.5, 0.6) is 0 Å².